The number of hydrogen-bond donors (Lipinski definition) is 1. The summed E-state index contributed by atoms with van der Waals surface area (Å²) in [5.41, 5.74) is 1.07. The van der Waals surface area contributed by atoms with Gasteiger partial charge in [-0.2, -0.15) is 0 Å². The lowest BCUT2D eigenvalue weighted by atomic mass is 9.95. The van der Waals surface area contributed by atoms with E-state index in [0.29, 0.717) is 6.61 Å². The van der Waals surface area contributed by atoms with Crippen molar-refractivity contribution in [2.45, 2.75) is 45.2 Å². The van der Waals surface area contributed by atoms with Crippen molar-refractivity contribution in [1.82, 2.24) is 0 Å². The minimum atomic E-state index is -0.758. The largest absolute Gasteiger partial charge is 0.485 e. The zero-order valence-corrected chi connectivity index (χ0v) is 15.7. The Morgan fingerprint density at radius 2 is 1.92 bits per heavy atom. The molecule has 0 spiro atoms. The molecule has 1 aliphatic heterocycles. The molecule has 5 nitrogen and oxygen atoms in total. The number of ether oxygens (including phenoxy) is 2. The lowest BCUT2D eigenvalue weighted by molar-refractivity contribution is -0.467. The molecule has 1 heterocycles. The number of benzene rings is 2. The Kier molecular flexibility index (Phi) is 5.08. The summed E-state index contributed by atoms with van der Waals surface area (Å²) in [5, 5.41) is 11.4. The molecule has 1 fully saturated rings. The average molecular weight is 358 g/mol. The number of fused-ring (bicyclic) bond motifs is 1. The Bertz CT molecular complexity index is 799. The lowest BCUT2D eigenvalue weighted by Crippen LogP contribution is -2.40. The lowest BCUT2D eigenvalue weighted by Gasteiger charge is -2.34. The molecule has 0 bridgehead atoms. The maximum atomic E-state index is 9.50. The Morgan fingerprint density at radius 3 is 2.54 bits per heavy atom. The van der Waals surface area contributed by atoms with Gasteiger partial charge in [0.25, 0.3) is 0 Å². The number of aliphatic hydroxyl groups excluding tert-OH is 1. The second-order valence-corrected chi connectivity index (χ2v) is 7.58. The molecule has 2 aromatic carbocycles. The second-order valence-electron chi connectivity index (χ2n) is 7.58. The number of hydrogen-bond acceptors (Lipinski definition) is 5. The van der Waals surface area contributed by atoms with E-state index in [-0.39, 0.29) is 12.7 Å². The summed E-state index contributed by atoms with van der Waals surface area (Å²) in [5.74, 6) is -0.0405. The number of rotatable bonds is 5. The average Bonchev–Trinajstić information content (AvgIpc) is 2.61. The van der Waals surface area contributed by atoms with Crippen molar-refractivity contribution in [2.24, 2.45) is 0 Å². The van der Waals surface area contributed by atoms with Gasteiger partial charge in [-0.1, -0.05) is 36.9 Å². The standard InChI is InChI=1S/C21H26O5/c1-14(19-12-23-21(4,5)26-25-19)15-10-11-18(24-20(2,3)13-22)17-9-7-6-8-16(15)17/h6-11,19,22H,1,12-13H2,2-5H3. The smallest absolute Gasteiger partial charge is 0.196 e. The molecule has 2 aromatic rings. The third-order valence-electron chi connectivity index (χ3n) is 4.33. The Balaban J connectivity index is 1.94. The molecule has 0 aliphatic carbocycles. The van der Waals surface area contributed by atoms with Gasteiger partial charge in [0.1, 0.15) is 17.5 Å². The summed E-state index contributed by atoms with van der Waals surface area (Å²) in [6, 6.07) is 11.8. The van der Waals surface area contributed by atoms with Crippen LogP contribution in [0.15, 0.2) is 43.0 Å². The van der Waals surface area contributed by atoms with Crippen LogP contribution in [-0.4, -0.2) is 35.8 Å². The highest BCUT2D eigenvalue weighted by Crippen LogP contribution is 2.36. The molecule has 1 N–H and O–H groups in total. The molecule has 3 rings (SSSR count). The molecular formula is C21H26O5. The second kappa shape index (κ2) is 7.00. The predicted molar refractivity (Wildman–Crippen MR) is 101 cm³/mol. The van der Waals surface area contributed by atoms with Crippen molar-refractivity contribution in [3.8, 4) is 5.75 Å². The van der Waals surface area contributed by atoms with Crippen molar-refractivity contribution < 1.29 is 24.4 Å². The minimum Gasteiger partial charge on any atom is -0.485 e. The van der Waals surface area contributed by atoms with Gasteiger partial charge in [-0.3, -0.25) is 0 Å². The summed E-state index contributed by atoms with van der Waals surface area (Å²) < 4.78 is 11.7. The third kappa shape index (κ3) is 3.91. The summed E-state index contributed by atoms with van der Waals surface area (Å²) >= 11 is 0. The maximum absolute atomic E-state index is 9.50. The van der Waals surface area contributed by atoms with Crippen LogP contribution in [0.2, 0.25) is 0 Å². The summed E-state index contributed by atoms with van der Waals surface area (Å²) in [7, 11) is 0. The first-order chi connectivity index (χ1) is 12.2. The van der Waals surface area contributed by atoms with Crippen LogP contribution in [-0.2, 0) is 14.5 Å². The Labute approximate surface area is 154 Å². The van der Waals surface area contributed by atoms with Gasteiger partial charge in [-0.25, -0.2) is 9.78 Å². The molecule has 0 aromatic heterocycles. The number of aliphatic hydroxyl groups is 1. The van der Waals surface area contributed by atoms with Crippen molar-refractivity contribution >= 4 is 16.3 Å². The molecule has 1 aliphatic rings. The van der Waals surface area contributed by atoms with E-state index in [4.69, 9.17) is 19.2 Å². The fourth-order valence-corrected chi connectivity index (χ4v) is 2.80. The molecule has 1 unspecified atom stereocenters. The fourth-order valence-electron chi connectivity index (χ4n) is 2.80. The quantitative estimate of drug-likeness (QED) is 0.816. The van der Waals surface area contributed by atoms with Gasteiger partial charge in [-0.05, 0) is 50.3 Å². The van der Waals surface area contributed by atoms with Gasteiger partial charge >= 0.3 is 0 Å². The maximum Gasteiger partial charge on any atom is 0.196 e. The molecule has 0 saturated carbocycles. The van der Waals surface area contributed by atoms with E-state index < -0.39 is 11.4 Å². The van der Waals surface area contributed by atoms with Crippen molar-refractivity contribution in [3.63, 3.8) is 0 Å². The van der Waals surface area contributed by atoms with Crippen LogP contribution in [0.5, 0.6) is 5.75 Å². The van der Waals surface area contributed by atoms with E-state index in [2.05, 4.69) is 6.58 Å². The highest BCUT2D eigenvalue weighted by molar-refractivity contribution is 5.97. The summed E-state index contributed by atoms with van der Waals surface area (Å²) in [4.78, 5) is 10.8. The molecule has 26 heavy (non-hydrogen) atoms. The van der Waals surface area contributed by atoms with Crippen LogP contribution in [0.1, 0.15) is 33.3 Å². The van der Waals surface area contributed by atoms with E-state index in [0.717, 1.165) is 27.7 Å². The SMILES string of the molecule is C=C(c1ccc(OC(C)(C)CO)c2ccccc12)C1COC(C)(C)OO1. The molecule has 140 valence electrons. The van der Waals surface area contributed by atoms with Crippen LogP contribution in [0.25, 0.3) is 16.3 Å². The summed E-state index contributed by atoms with van der Waals surface area (Å²) in [6.07, 6.45) is -0.382. The first-order valence-electron chi connectivity index (χ1n) is 8.72. The Morgan fingerprint density at radius 1 is 1.23 bits per heavy atom. The predicted octanol–water partition coefficient (Wildman–Crippen LogP) is 4.09. The van der Waals surface area contributed by atoms with Crippen LogP contribution in [0.4, 0.5) is 0 Å². The zero-order valence-electron chi connectivity index (χ0n) is 15.7. The molecular weight excluding hydrogens is 332 g/mol. The van der Waals surface area contributed by atoms with E-state index in [1.807, 2.05) is 50.2 Å². The van der Waals surface area contributed by atoms with Crippen molar-refractivity contribution in [2.75, 3.05) is 13.2 Å². The van der Waals surface area contributed by atoms with Gasteiger partial charge < -0.3 is 14.6 Å². The van der Waals surface area contributed by atoms with E-state index in [1.54, 1.807) is 13.8 Å². The molecule has 5 heteroatoms. The van der Waals surface area contributed by atoms with Gasteiger partial charge in [0.2, 0.25) is 0 Å². The minimum absolute atomic E-state index is 0.0733. The first kappa shape index (κ1) is 18.9. The van der Waals surface area contributed by atoms with E-state index >= 15 is 0 Å². The third-order valence-corrected chi connectivity index (χ3v) is 4.33. The van der Waals surface area contributed by atoms with Gasteiger partial charge in [-0.15, -0.1) is 0 Å². The van der Waals surface area contributed by atoms with E-state index in [9.17, 15) is 5.11 Å². The fraction of sp³-hybridized carbons (Fsp3) is 0.429. The highest BCUT2D eigenvalue weighted by atomic mass is 17.2. The Hall–Kier alpha value is -1.92. The monoisotopic (exact) mass is 358 g/mol. The van der Waals surface area contributed by atoms with Crippen LogP contribution >= 0.6 is 0 Å². The molecule has 1 atom stereocenters. The summed E-state index contributed by atoms with van der Waals surface area (Å²) in [6.45, 7) is 11.8. The van der Waals surface area contributed by atoms with Crippen molar-refractivity contribution in [1.29, 1.82) is 0 Å². The van der Waals surface area contributed by atoms with Gasteiger partial charge in [0.05, 0.1) is 13.2 Å². The van der Waals surface area contributed by atoms with Gasteiger partial charge in [0.15, 0.2) is 5.79 Å². The van der Waals surface area contributed by atoms with Gasteiger partial charge in [0, 0.05) is 5.39 Å². The topological polar surface area (TPSA) is 57.2 Å². The van der Waals surface area contributed by atoms with Crippen LogP contribution < -0.4 is 4.74 Å². The highest BCUT2D eigenvalue weighted by Gasteiger charge is 2.32. The normalized spacial score (nSPS) is 20.1. The van der Waals surface area contributed by atoms with Crippen LogP contribution in [0, 0.1) is 0 Å². The molecule has 1 saturated heterocycles. The zero-order chi connectivity index (χ0) is 18.9. The molecule has 0 radical (unpaired) electrons. The molecule has 0 amide bonds. The first-order valence-corrected chi connectivity index (χ1v) is 8.72. The van der Waals surface area contributed by atoms with Crippen LogP contribution in [0.3, 0.4) is 0 Å². The van der Waals surface area contributed by atoms with Crippen molar-refractivity contribution in [3.05, 3.63) is 48.5 Å². The van der Waals surface area contributed by atoms with E-state index in [1.165, 1.54) is 0 Å².